The quantitative estimate of drug-likeness (QED) is 0.690. The van der Waals surface area contributed by atoms with Crippen LogP contribution in [0, 0.1) is 11.8 Å². The average Bonchev–Trinajstić information content (AvgIpc) is 2.53. The monoisotopic (exact) mass is 227 g/mol. The SMILES string of the molecule is CCC1CCCN(CC(C)C(=O)OC)CC1. The average molecular weight is 227 g/mol. The first-order chi connectivity index (χ1) is 7.67. The molecule has 1 aliphatic heterocycles. The molecule has 0 N–H and O–H groups in total. The van der Waals surface area contributed by atoms with Crippen LogP contribution in [0.25, 0.3) is 0 Å². The number of ether oxygens (including phenoxy) is 1. The van der Waals surface area contributed by atoms with Gasteiger partial charge in [0, 0.05) is 6.54 Å². The molecule has 16 heavy (non-hydrogen) atoms. The minimum Gasteiger partial charge on any atom is -0.469 e. The highest BCUT2D eigenvalue weighted by Gasteiger charge is 2.20. The summed E-state index contributed by atoms with van der Waals surface area (Å²) in [7, 11) is 1.47. The Labute approximate surface area is 99.1 Å². The Kier molecular flexibility index (Phi) is 5.81. The molecule has 1 fully saturated rings. The topological polar surface area (TPSA) is 29.5 Å². The van der Waals surface area contributed by atoms with Crippen LogP contribution in [-0.2, 0) is 9.53 Å². The molecule has 3 heteroatoms. The van der Waals surface area contributed by atoms with Gasteiger partial charge in [0.05, 0.1) is 13.0 Å². The molecule has 0 bridgehead atoms. The van der Waals surface area contributed by atoms with E-state index in [0.717, 1.165) is 25.6 Å². The van der Waals surface area contributed by atoms with Crippen molar-refractivity contribution < 1.29 is 9.53 Å². The lowest BCUT2D eigenvalue weighted by atomic mass is 9.98. The minimum atomic E-state index is -0.0868. The van der Waals surface area contributed by atoms with E-state index in [1.54, 1.807) is 0 Å². The lowest BCUT2D eigenvalue weighted by molar-refractivity contribution is -0.145. The Morgan fingerprint density at radius 3 is 2.81 bits per heavy atom. The highest BCUT2D eigenvalue weighted by molar-refractivity contribution is 5.72. The third-order valence-electron chi connectivity index (χ3n) is 3.65. The van der Waals surface area contributed by atoms with E-state index < -0.39 is 0 Å². The summed E-state index contributed by atoms with van der Waals surface area (Å²) in [5.74, 6) is 0.804. The molecule has 0 radical (unpaired) electrons. The number of esters is 1. The molecule has 0 saturated carbocycles. The lowest BCUT2D eigenvalue weighted by Gasteiger charge is -2.22. The van der Waals surface area contributed by atoms with E-state index in [4.69, 9.17) is 4.74 Å². The maximum Gasteiger partial charge on any atom is 0.309 e. The van der Waals surface area contributed by atoms with Gasteiger partial charge in [-0.25, -0.2) is 0 Å². The summed E-state index contributed by atoms with van der Waals surface area (Å²) in [5.41, 5.74) is 0. The molecule has 1 aliphatic rings. The van der Waals surface area contributed by atoms with E-state index in [1.807, 2.05) is 6.92 Å². The molecule has 0 aromatic heterocycles. The molecule has 3 nitrogen and oxygen atoms in total. The van der Waals surface area contributed by atoms with Gasteiger partial charge in [0.2, 0.25) is 0 Å². The normalized spacial score (nSPS) is 24.8. The van der Waals surface area contributed by atoms with Gasteiger partial charge in [-0.05, 0) is 38.3 Å². The van der Waals surface area contributed by atoms with Crippen LogP contribution in [-0.4, -0.2) is 37.6 Å². The molecule has 0 amide bonds. The molecule has 2 atom stereocenters. The van der Waals surface area contributed by atoms with Gasteiger partial charge in [0.1, 0.15) is 0 Å². The van der Waals surface area contributed by atoms with Crippen LogP contribution in [0.4, 0.5) is 0 Å². The van der Waals surface area contributed by atoms with Crippen molar-refractivity contribution in [2.24, 2.45) is 11.8 Å². The van der Waals surface area contributed by atoms with E-state index in [-0.39, 0.29) is 11.9 Å². The first-order valence-corrected chi connectivity index (χ1v) is 6.47. The van der Waals surface area contributed by atoms with Crippen molar-refractivity contribution in [1.29, 1.82) is 0 Å². The summed E-state index contributed by atoms with van der Waals surface area (Å²) in [4.78, 5) is 13.8. The summed E-state index contributed by atoms with van der Waals surface area (Å²) in [6.07, 6.45) is 5.19. The molecule has 94 valence electrons. The largest absolute Gasteiger partial charge is 0.469 e. The van der Waals surface area contributed by atoms with Crippen molar-refractivity contribution in [3.8, 4) is 0 Å². The van der Waals surface area contributed by atoms with Crippen LogP contribution in [0.5, 0.6) is 0 Å². The van der Waals surface area contributed by atoms with Gasteiger partial charge in [0.25, 0.3) is 0 Å². The predicted molar refractivity (Wildman–Crippen MR) is 65.3 cm³/mol. The molecule has 0 aromatic rings. The maximum atomic E-state index is 11.3. The van der Waals surface area contributed by atoms with Crippen LogP contribution >= 0.6 is 0 Å². The summed E-state index contributed by atoms with van der Waals surface area (Å²) in [6.45, 7) is 7.35. The molecule has 1 saturated heterocycles. The fraction of sp³-hybridized carbons (Fsp3) is 0.923. The second-order valence-electron chi connectivity index (χ2n) is 4.93. The van der Waals surface area contributed by atoms with Gasteiger partial charge in [0.15, 0.2) is 0 Å². The summed E-state index contributed by atoms with van der Waals surface area (Å²) in [6, 6.07) is 0. The number of hydrogen-bond donors (Lipinski definition) is 0. The zero-order valence-electron chi connectivity index (χ0n) is 10.9. The van der Waals surface area contributed by atoms with E-state index in [1.165, 1.54) is 32.8 Å². The number of methoxy groups -OCH3 is 1. The second kappa shape index (κ2) is 6.89. The van der Waals surface area contributed by atoms with Crippen LogP contribution in [0.1, 0.15) is 39.5 Å². The molecular formula is C13H25NO2. The highest BCUT2D eigenvalue weighted by atomic mass is 16.5. The standard InChI is InChI=1S/C13H25NO2/c1-4-12-6-5-8-14(9-7-12)10-11(2)13(15)16-3/h11-12H,4-10H2,1-3H3. The second-order valence-corrected chi connectivity index (χ2v) is 4.93. The lowest BCUT2D eigenvalue weighted by Crippen LogP contribution is -2.33. The van der Waals surface area contributed by atoms with Crippen molar-refractivity contribution in [3.05, 3.63) is 0 Å². The van der Waals surface area contributed by atoms with E-state index >= 15 is 0 Å². The van der Waals surface area contributed by atoms with Gasteiger partial charge in [-0.2, -0.15) is 0 Å². The van der Waals surface area contributed by atoms with Gasteiger partial charge >= 0.3 is 5.97 Å². The number of carbonyl (C=O) groups is 1. The van der Waals surface area contributed by atoms with Crippen molar-refractivity contribution in [2.75, 3.05) is 26.7 Å². The van der Waals surface area contributed by atoms with Gasteiger partial charge in [-0.15, -0.1) is 0 Å². The highest BCUT2D eigenvalue weighted by Crippen LogP contribution is 2.20. The Balaban J connectivity index is 2.34. The van der Waals surface area contributed by atoms with Crippen molar-refractivity contribution >= 4 is 5.97 Å². The smallest absolute Gasteiger partial charge is 0.309 e. The first kappa shape index (κ1) is 13.5. The van der Waals surface area contributed by atoms with E-state index in [0.29, 0.717) is 0 Å². The summed E-state index contributed by atoms with van der Waals surface area (Å²) in [5, 5.41) is 0. The fourth-order valence-corrected chi connectivity index (χ4v) is 2.48. The molecule has 1 rings (SSSR count). The Bertz CT molecular complexity index is 218. The van der Waals surface area contributed by atoms with E-state index in [2.05, 4.69) is 11.8 Å². The molecule has 2 unspecified atom stereocenters. The molecule has 0 aliphatic carbocycles. The van der Waals surface area contributed by atoms with Gasteiger partial charge in [-0.3, -0.25) is 4.79 Å². The Morgan fingerprint density at radius 1 is 1.44 bits per heavy atom. The number of carbonyl (C=O) groups excluding carboxylic acids is 1. The van der Waals surface area contributed by atoms with Crippen LogP contribution in [0.3, 0.4) is 0 Å². The van der Waals surface area contributed by atoms with Crippen molar-refractivity contribution in [2.45, 2.75) is 39.5 Å². The number of rotatable bonds is 4. The molecule has 0 aromatic carbocycles. The Hall–Kier alpha value is -0.570. The van der Waals surface area contributed by atoms with Crippen molar-refractivity contribution in [1.82, 2.24) is 4.90 Å². The predicted octanol–water partition coefficient (Wildman–Crippen LogP) is 2.31. The molecule has 0 spiro atoms. The van der Waals surface area contributed by atoms with Crippen molar-refractivity contribution in [3.63, 3.8) is 0 Å². The van der Waals surface area contributed by atoms with E-state index in [9.17, 15) is 4.79 Å². The zero-order chi connectivity index (χ0) is 12.0. The third kappa shape index (κ3) is 4.12. The van der Waals surface area contributed by atoms with Crippen LogP contribution in [0.15, 0.2) is 0 Å². The first-order valence-electron chi connectivity index (χ1n) is 6.47. The fourth-order valence-electron chi connectivity index (χ4n) is 2.48. The minimum absolute atomic E-state index is 0.00294. The summed E-state index contributed by atoms with van der Waals surface area (Å²) >= 11 is 0. The number of nitrogens with zero attached hydrogens (tertiary/aromatic N) is 1. The van der Waals surface area contributed by atoms with Crippen LogP contribution in [0.2, 0.25) is 0 Å². The summed E-state index contributed by atoms with van der Waals surface area (Å²) < 4.78 is 4.76. The van der Waals surface area contributed by atoms with Gasteiger partial charge in [-0.1, -0.05) is 20.3 Å². The van der Waals surface area contributed by atoms with Gasteiger partial charge < -0.3 is 9.64 Å². The maximum absolute atomic E-state index is 11.3. The third-order valence-corrected chi connectivity index (χ3v) is 3.65. The zero-order valence-corrected chi connectivity index (χ0v) is 10.9. The molecular weight excluding hydrogens is 202 g/mol. The molecule has 1 heterocycles. The van der Waals surface area contributed by atoms with Crippen LogP contribution < -0.4 is 0 Å². The Morgan fingerprint density at radius 2 is 2.19 bits per heavy atom. The number of likely N-dealkylation sites (tertiary alicyclic amines) is 1. The number of hydrogen-bond acceptors (Lipinski definition) is 3.